The van der Waals surface area contributed by atoms with E-state index in [-0.39, 0.29) is 11.9 Å². The summed E-state index contributed by atoms with van der Waals surface area (Å²) in [6, 6.07) is 7.86. The first-order chi connectivity index (χ1) is 8.15. The van der Waals surface area contributed by atoms with Gasteiger partial charge in [0.2, 0.25) is 5.91 Å². The molecule has 1 rings (SSSR count). The largest absolute Gasteiger partial charge is 0.348 e. The van der Waals surface area contributed by atoms with Crippen LogP contribution < -0.4 is 10.6 Å². The Labute approximate surface area is 110 Å². The molecule has 1 aromatic carbocycles. The fourth-order valence-electron chi connectivity index (χ4n) is 1.48. The molecule has 0 radical (unpaired) electrons. The highest BCUT2D eigenvalue weighted by Crippen LogP contribution is 2.22. The average Bonchev–Trinajstić information content (AvgIpc) is 2.29. The van der Waals surface area contributed by atoms with Crippen molar-refractivity contribution in [2.75, 3.05) is 13.1 Å². The van der Waals surface area contributed by atoms with Crippen LogP contribution in [0.15, 0.2) is 41.4 Å². The Balaban J connectivity index is 2.49. The van der Waals surface area contributed by atoms with Crippen LogP contribution in [-0.4, -0.2) is 19.0 Å². The lowest BCUT2D eigenvalue weighted by molar-refractivity contribution is -0.120. The van der Waals surface area contributed by atoms with E-state index in [0.29, 0.717) is 13.1 Å². The molecule has 3 nitrogen and oxygen atoms in total. The highest BCUT2D eigenvalue weighted by molar-refractivity contribution is 9.10. The number of benzene rings is 1. The maximum Gasteiger partial charge on any atom is 0.234 e. The summed E-state index contributed by atoms with van der Waals surface area (Å²) in [5.74, 6) is -0.0184. The van der Waals surface area contributed by atoms with Crippen LogP contribution in [0, 0.1) is 0 Å². The highest BCUT2D eigenvalue weighted by atomic mass is 79.9. The van der Waals surface area contributed by atoms with Gasteiger partial charge in [-0.1, -0.05) is 40.2 Å². The van der Waals surface area contributed by atoms with E-state index in [1.54, 1.807) is 6.08 Å². The predicted molar refractivity (Wildman–Crippen MR) is 73.8 cm³/mol. The van der Waals surface area contributed by atoms with Crippen LogP contribution in [0.5, 0.6) is 0 Å². The van der Waals surface area contributed by atoms with Crippen LogP contribution in [0.3, 0.4) is 0 Å². The number of carbonyl (C=O) groups excluding carboxylic acids is 1. The molecule has 1 aromatic rings. The summed E-state index contributed by atoms with van der Waals surface area (Å²) in [4.78, 5) is 11.6. The number of nitrogens with one attached hydrogen (secondary N) is 2. The second kappa shape index (κ2) is 7.25. The van der Waals surface area contributed by atoms with Crippen LogP contribution in [0.1, 0.15) is 18.5 Å². The molecule has 0 fully saturated rings. The van der Waals surface area contributed by atoms with Gasteiger partial charge in [-0.05, 0) is 18.6 Å². The summed E-state index contributed by atoms with van der Waals surface area (Å²) in [5, 5.41) is 5.89. The molecule has 0 aliphatic heterocycles. The first-order valence-corrected chi connectivity index (χ1v) is 6.30. The van der Waals surface area contributed by atoms with Gasteiger partial charge in [0.1, 0.15) is 0 Å². The molecular formula is C13H17BrN2O. The Kier molecular flexibility index (Phi) is 5.94. The molecule has 1 atom stereocenters. The van der Waals surface area contributed by atoms with Gasteiger partial charge >= 0.3 is 0 Å². The van der Waals surface area contributed by atoms with Crippen LogP contribution >= 0.6 is 15.9 Å². The highest BCUT2D eigenvalue weighted by Gasteiger charge is 2.11. The first kappa shape index (κ1) is 13.9. The maximum absolute atomic E-state index is 11.6. The van der Waals surface area contributed by atoms with E-state index in [4.69, 9.17) is 0 Å². The topological polar surface area (TPSA) is 41.1 Å². The minimum Gasteiger partial charge on any atom is -0.348 e. The minimum absolute atomic E-state index is 0.0105. The van der Waals surface area contributed by atoms with E-state index in [0.717, 1.165) is 10.0 Å². The van der Waals surface area contributed by atoms with Crippen LogP contribution in [0.2, 0.25) is 0 Å². The molecule has 0 aliphatic carbocycles. The van der Waals surface area contributed by atoms with Crippen LogP contribution in [0.4, 0.5) is 0 Å². The molecule has 0 heterocycles. The number of carbonyl (C=O) groups is 1. The molecule has 4 heteroatoms. The Hall–Kier alpha value is -1.13. The number of amides is 1. The SMILES string of the molecule is C=CCNCC(=O)NC(C)c1ccccc1Br. The molecule has 0 bridgehead atoms. The van der Waals surface area contributed by atoms with Crippen LogP contribution in [0.25, 0.3) is 0 Å². The van der Waals surface area contributed by atoms with E-state index in [1.165, 1.54) is 0 Å². The Morgan fingerprint density at radius 3 is 2.88 bits per heavy atom. The normalized spacial score (nSPS) is 11.9. The van der Waals surface area contributed by atoms with Gasteiger partial charge in [-0.2, -0.15) is 0 Å². The third-order valence-corrected chi connectivity index (χ3v) is 3.05. The molecule has 0 aliphatic rings. The minimum atomic E-state index is -0.0184. The molecule has 92 valence electrons. The van der Waals surface area contributed by atoms with Gasteiger partial charge in [0.15, 0.2) is 0 Å². The van der Waals surface area contributed by atoms with E-state index in [1.807, 2.05) is 31.2 Å². The zero-order valence-corrected chi connectivity index (χ0v) is 11.5. The standard InChI is InChI=1S/C13H17BrN2O/c1-3-8-15-9-13(17)16-10(2)11-6-4-5-7-12(11)14/h3-7,10,15H,1,8-9H2,2H3,(H,16,17). The second-order valence-electron chi connectivity index (χ2n) is 3.73. The summed E-state index contributed by atoms with van der Waals surface area (Å²) in [5.41, 5.74) is 1.07. The van der Waals surface area contributed by atoms with Crippen molar-refractivity contribution in [1.82, 2.24) is 10.6 Å². The maximum atomic E-state index is 11.6. The van der Waals surface area contributed by atoms with Crippen molar-refractivity contribution < 1.29 is 4.79 Å². The molecule has 0 spiro atoms. The van der Waals surface area contributed by atoms with E-state index in [2.05, 4.69) is 33.1 Å². The zero-order chi connectivity index (χ0) is 12.7. The molecule has 1 amide bonds. The van der Waals surface area contributed by atoms with Crippen molar-refractivity contribution in [3.63, 3.8) is 0 Å². The molecular weight excluding hydrogens is 280 g/mol. The van der Waals surface area contributed by atoms with Gasteiger partial charge in [-0.25, -0.2) is 0 Å². The Morgan fingerprint density at radius 2 is 2.24 bits per heavy atom. The van der Waals surface area contributed by atoms with Gasteiger partial charge in [0.25, 0.3) is 0 Å². The lowest BCUT2D eigenvalue weighted by Gasteiger charge is -2.15. The van der Waals surface area contributed by atoms with Crippen molar-refractivity contribution in [3.8, 4) is 0 Å². The van der Waals surface area contributed by atoms with Crippen molar-refractivity contribution in [1.29, 1.82) is 0 Å². The molecule has 1 unspecified atom stereocenters. The number of hydrogen-bond donors (Lipinski definition) is 2. The first-order valence-electron chi connectivity index (χ1n) is 5.50. The number of hydrogen-bond acceptors (Lipinski definition) is 2. The van der Waals surface area contributed by atoms with Gasteiger partial charge in [0, 0.05) is 11.0 Å². The van der Waals surface area contributed by atoms with E-state index < -0.39 is 0 Å². The van der Waals surface area contributed by atoms with Crippen molar-refractivity contribution in [3.05, 3.63) is 47.0 Å². The quantitative estimate of drug-likeness (QED) is 0.625. The number of halogens is 1. The number of rotatable bonds is 6. The third kappa shape index (κ3) is 4.71. The van der Waals surface area contributed by atoms with Crippen molar-refractivity contribution in [2.24, 2.45) is 0 Å². The Bertz CT molecular complexity index is 393. The van der Waals surface area contributed by atoms with Gasteiger partial charge in [-0.3, -0.25) is 4.79 Å². The van der Waals surface area contributed by atoms with Crippen LogP contribution in [-0.2, 0) is 4.79 Å². The monoisotopic (exact) mass is 296 g/mol. The molecule has 0 aromatic heterocycles. The predicted octanol–water partition coefficient (Wildman–Crippen LogP) is 2.40. The third-order valence-electron chi connectivity index (χ3n) is 2.32. The molecule has 0 saturated heterocycles. The Morgan fingerprint density at radius 1 is 1.53 bits per heavy atom. The molecule has 2 N–H and O–H groups in total. The smallest absolute Gasteiger partial charge is 0.234 e. The molecule has 0 saturated carbocycles. The summed E-state index contributed by atoms with van der Waals surface area (Å²) < 4.78 is 1.01. The van der Waals surface area contributed by atoms with Crippen molar-refractivity contribution >= 4 is 21.8 Å². The fourth-order valence-corrected chi connectivity index (χ4v) is 2.11. The summed E-state index contributed by atoms with van der Waals surface area (Å²) in [6.45, 7) is 6.48. The lowest BCUT2D eigenvalue weighted by Crippen LogP contribution is -2.35. The summed E-state index contributed by atoms with van der Waals surface area (Å²) in [6.07, 6.45) is 1.73. The van der Waals surface area contributed by atoms with Gasteiger partial charge in [0.05, 0.1) is 12.6 Å². The van der Waals surface area contributed by atoms with Gasteiger partial charge < -0.3 is 10.6 Å². The van der Waals surface area contributed by atoms with Crippen molar-refractivity contribution in [2.45, 2.75) is 13.0 Å². The lowest BCUT2D eigenvalue weighted by atomic mass is 10.1. The van der Waals surface area contributed by atoms with E-state index >= 15 is 0 Å². The van der Waals surface area contributed by atoms with E-state index in [9.17, 15) is 4.79 Å². The summed E-state index contributed by atoms with van der Waals surface area (Å²) in [7, 11) is 0. The van der Waals surface area contributed by atoms with Gasteiger partial charge in [-0.15, -0.1) is 6.58 Å². The molecule has 17 heavy (non-hydrogen) atoms. The fraction of sp³-hybridized carbons (Fsp3) is 0.308. The summed E-state index contributed by atoms with van der Waals surface area (Å²) >= 11 is 3.47. The second-order valence-corrected chi connectivity index (χ2v) is 4.58. The zero-order valence-electron chi connectivity index (χ0n) is 9.87. The average molecular weight is 297 g/mol.